The van der Waals surface area contributed by atoms with Gasteiger partial charge >= 0.3 is 0 Å². The van der Waals surface area contributed by atoms with Gasteiger partial charge in [-0.25, -0.2) is 8.42 Å². The van der Waals surface area contributed by atoms with Gasteiger partial charge < -0.3 is 10.2 Å². The van der Waals surface area contributed by atoms with Gasteiger partial charge in [-0.3, -0.25) is 13.9 Å². The summed E-state index contributed by atoms with van der Waals surface area (Å²) in [5, 5.41) is 3.03. The number of amides is 2. The molecule has 7 nitrogen and oxygen atoms in total. The third-order valence-corrected chi connectivity index (χ3v) is 8.28. The average Bonchev–Trinajstić information content (AvgIpc) is 2.88. The second kappa shape index (κ2) is 12.3. The van der Waals surface area contributed by atoms with Crippen molar-refractivity contribution in [2.45, 2.75) is 44.7 Å². The molecule has 0 aromatic heterocycles. The summed E-state index contributed by atoms with van der Waals surface area (Å²) in [4.78, 5) is 28.1. The number of benzene rings is 3. The van der Waals surface area contributed by atoms with Gasteiger partial charge in [-0.1, -0.05) is 60.5 Å². The van der Waals surface area contributed by atoms with Gasteiger partial charge in [0.2, 0.25) is 11.8 Å². The van der Waals surface area contributed by atoms with Crippen molar-refractivity contribution in [3.63, 3.8) is 0 Å². The molecule has 0 saturated heterocycles. The highest BCUT2D eigenvalue weighted by Crippen LogP contribution is 2.26. The van der Waals surface area contributed by atoms with Crippen LogP contribution in [-0.4, -0.2) is 44.8 Å². The van der Waals surface area contributed by atoms with E-state index in [4.69, 9.17) is 11.6 Å². The molecule has 3 rings (SSSR count). The molecular formula is C28H32ClN3O4S. The summed E-state index contributed by atoms with van der Waals surface area (Å²) in [6.45, 7) is 5.34. The number of rotatable bonds is 10. The molecule has 196 valence electrons. The third-order valence-electron chi connectivity index (χ3n) is 6.24. The summed E-state index contributed by atoms with van der Waals surface area (Å²) in [5.74, 6) is -0.802. The first kappa shape index (κ1) is 28.2. The molecule has 3 aromatic carbocycles. The zero-order valence-corrected chi connectivity index (χ0v) is 23.0. The van der Waals surface area contributed by atoms with Crippen LogP contribution in [0.15, 0.2) is 77.7 Å². The second-order valence-electron chi connectivity index (χ2n) is 8.79. The fourth-order valence-corrected chi connectivity index (χ4v) is 5.57. The Kier molecular flexibility index (Phi) is 9.34. The zero-order chi connectivity index (χ0) is 27.2. The second-order valence-corrected chi connectivity index (χ2v) is 11.1. The van der Waals surface area contributed by atoms with Crippen LogP contribution in [0.3, 0.4) is 0 Å². The Morgan fingerprint density at radius 2 is 1.57 bits per heavy atom. The van der Waals surface area contributed by atoms with E-state index in [1.807, 2.05) is 45.0 Å². The maximum atomic E-state index is 13.9. The Hall–Kier alpha value is -3.36. The normalized spacial score (nSPS) is 12.0. The predicted molar refractivity (Wildman–Crippen MR) is 147 cm³/mol. The number of aryl methyl sites for hydroxylation is 2. The largest absolute Gasteiger partial charge is 0.357 e. The van der Waals surface area contributed by atoms with E-state index in [0.717, 1.165) is 21.0 Å². The van der Waals surface area contributed by atoms with Gasteiger partial charge in [0.05, 0.1) is 10.6 Å². The molecule has 0 aliphatic heterocycles. The number of nitrogens with zero attached hydrogens (tertiary/aromatic N) is 2. The lowest BCUT2D eigenvalue weighted by Gasteiger charge is -2.33. The molecule has 0 radical (unpaired) electrons. The molecule has 1 atom stereocenters. The Labute approximate surface area is 224 Å². The first-order chi connectivity index (χ1) is 17.6. The monoisotopic (exact) mass is 541 g/mol. The zero-order valence-electron chi connectivity index (χ0n) is 21.4. The molecule has 0 aliphatic carbocycles. The van der Waals surface area contributed by atoms with Gasteiger partial charge in [0.1, 0.15) is 12.6 Å². The standard InChI is InChI=1S/C28H32ClN3O4S/c1-5-26(28(34)30-4)31(18-22-9-7-6-8-21(22)3)27(33)19-32(24-14-10-20(2)11-15-24)37(35,36)25-16-12-23(29)13-17-25/h6-17,26H,5,18-19H2,1-4H3,(H,30,34)/t26-/m0/s1. The Morgan fingerprint density at radius 3 is 2.14 bits per heavy atom. The highest BCUT2D eigenvalue weighted by Gasteiger charge is 2.33. The summed E-state index contributed by atoms with van der Waals surface area (Å²) >= 11 is 5.98. The van der Waals surface area contributed by atoms with Crippen molar-refractivity contribution in [1.29, 1.82) is 0 Å². The van der Waals surface area contributed by atoms with Crippen LogP contribution in [0.5, 0.6) is 0 Å². The fraction of sp³-hybridized carbons (Fsp3) is 0.286. The molecule has 0 spiro atoms. The maximum Gasteiger partial charge on any atom is 0.264 e. The quantitative estimate of drug-likeness (QED) is 0.403. The van der Waals surface area contributed by atoms with Crippen LogP contribution in [-0.2, 0) is 26.2 Å². The number of hydrogen-bond acceptors (Lipinski definition) is 4. The Bertz CT molecular complexity index is 1340. The molecule has 37 heavy (non-hydrogen) atoms. The molecule has 0 aliphatic rings. The number of nitrogens with one attached hydrogen (secondary N) is 1. The molecule has 0 bridgehead atoms. The minimum absolute atomic E-state index is 0.00840. The number of carbonyl (C=O) groups excluding carboxylic acids is 2. The van der Waals surface area contributed by atoms with E-state index in [-0.39, 0.29) is 17.3 Å². The first-order valence-electron chi connectivity index (χ1n) is 12.0. The minimum atomic E-state index is -4.12. The smallest absolute Gasteiger partial charge is 0.264 e. The third kappa shape index (κ3) is 6.70. The summed E-state index contributed by atoms with van der Waals surface area (Å²) in [5.41, 5.74) is 3.14. The van der Waals surface area contributed by atoms with E-state index >= 15 is 0 Å². The van der Waals surface area contributed by atoms with Gasteiger partial charge in [-0.15, -0.1) is 0 Å². The molecule has 0 fully saturated rings. The summed E-state index contributed by atoms with van der Waals surface area (Å²) in [6, 6.07) is 19.5. The van der Waals surface area contributed by atoms with Crippen LogP contribution in [0.25, 0.3) is 0 Å². The molecule has 0 heterocycles. The SMILES string of the molecule is CC[C@@H](C(=O)NC)N(Cc1ccccc1C)C(=O)CN(c1ccc(C)cc1)S(=O)(=O)c1ccc(Cl)cc1. The summed E-state index contributed by atoms with van der Waals surface area (Å²) in [6.07, 6.45) is 0.367. The lowest BCUT2D eigenvalue weighted by molar-refractivity contribution is -0.140. The van der Waals surface area contributed by atoms with Gasteiger partial charge in [-0.05, 0) is 67.8 Å². The minimum Gasteiger partial charge on any atom is -0.357 e. The Balaban J connectivity index is 2.06. The van der Waals surface area contributed by atoms with Crippen molar-refractivity contribution in [2.75, 3.05) is 17.9 Å². The summed E-state index contributed by atoms with van der Waals surface area (Å²) in [7, 11) is -2.61. The number of anilines is 1. The predicted octanol–water partition coefficient (Wildman–Crippen LogP) is 4.71. The lowest BCUT2D eigenvalue weighted by atomic mass is 10.1. The topological polar surface area (TPSA) is 86.8 Å². The molecule has 2 amide bonds. The molecular weight excluding hydrogens is 510 g/mol. The average molecular weight is 542 g/mol. The van der Waals surface area contributed by atoms with E-state index < -0.39 is 28.5 Å². The fourth-order valence-electron chi connectivity index (χ4n) is 4.03. The molecule has 0 saturated carbocycles. The van der Waals surface area contributed by atoms with Gasteiger partial charge in [-0.2, -0.15) is 0 Å². The van der Waals surface area contributed by atoms with Crippen LogP contribution in [0.4, 0.5) is 5.69 Å². The van der Waals surface area contributed by atoms with Crippen LogP contribution >= 0.6 is 11.6 Å². The number of carbonyl (C=O) groups is 2. The first-order valence-corrected chi connectivity index (χ1v) is 13.8. The van der Waals surface area contributed by atoms with Crippen LogP contribution in [0.2, 0.25) is 5.02 Å². The molecule has 3 aromatic rings. The van der Waals surface area contributed by atoms with Crippen molar-refractivity contribution < 1.29 is 18.0 Å². The van der Waals surface area contributed by atoms with Crippen molar-refractivity contribution in [1.82, 2.24) is 10.2 Å². The van der Waals surface area contributed by atoms with Crippen LogP contribution < -0.4 is 9.62 Å². The molecule has 9 heteroatoms. The van der Waals surface area contributed by atoms with Gasteiger partial charge in [0.15, 0.2) is 0 Å². The van der Waals surface area contributed by atoms with E-state index in [2.05, 4.69) is 5.32 Å². The highest BCUT2D eigenvalue weighted by atomic mass is 35.5. The van der Waals surface area contributed by atoms with Gasteiger partial charge in [0.25, 0.3) is 10.0 Å². The lowest BCUT2D eigenvalue weighted by Crippen LogP contribution is -2.51. The number of halogens is 1. The van der Waals surface area contributed by atoms with Crippen molar-refractivity contribution in [2.24, 2.45) is 0 Å². The van der Waals surface area contributed by atoms with Crippen LogP contribution in [0.1, 0.15) is 30.0 Å². The Morgan fingerprint density at radius 1 is 0.946 bits per heavy atom. The van der Waals surface area contributed by atoms with E-state index in [0.29, 0.717) is 17.1 Å². The van der Waals surface area contributed by atoms with Crippen molar-refractivity contribution in [3.8, 4) is 0 Å². The molecule has 0 unspecified atom stereocenters. The summed E-state index contributed by atoms with van der Waals surface area (Å²) < 4.78 is 28.6. The number of likely N-dealkylation sites (N-methyl/N-ethyl adjacent to an activating group) is 1. The molecule has 1 N–H and O–H groups in total. The van der Waals surface area contributed by atoms with E-state index in [1.165, 1.54) is 36.2 Å². The van der Waals surface area contributed by atoms with Crippen molar-refractivity contribution in [3.05, 3.63) is 94.5 Å². The van der Waals surface area contributed by atoms with Gasteiger partial charge in [0, 0.05) is 18.6 Å². The van der Waals surface area contributed by atoms with Crippen molar-refractivity contribution >= 4 is 39.1 Å². The maximum absolute atomic E-state index is 13.9. The number of hydrogen-bond donors (Lipinski definition) is 1. The van der Waals surface area contributed by atoms with E-state index in [1.54, 1.807) is 24.3 Å². The highest BCUT2D eigenvalue weighted by molar-refractivity contribution is 7.92. The van der Waals surface area contributed by atoms with E-state index in [9.17, 15) is 18.0 Å². The van der Waals surface area contributed by atoms with Crippen LogP contribution in [0, 0.1) is 13.8 Å². The number of sulfonamides is 1.